The highest BCUT2D eigenvalue weighted by molar-refractivity contribution is 9.09. The lowest BCUT2D eigenvalue weighted by molar-refractivity contribution is 0.552. The molecule has 1 saturated heterocycles. The lowest BCUT2D eigenvalue weighted by Gasteiger charge is -2.26. The van der Waals surface area contributed by atoms with Gasteiger partial charge in [-0.1, -0.05) is 22.9 Å². The minimum Gasteiger partial charge on any atom is -0.351 e. The first-order chi connectivity index (χ1) is 7.63. The second-order valence-corrected chi connectivity index (χ2v) is 5.23. The molecule has 0 aliphatic carbocycles. The van der Waals surface area contributed by atoms with Gasteiger partial charge in [-0.3, -0.25) is 4.98 Å². The molecule has 4 heteroatoms. The van der Waals surface area contributed by atoms with Gasteiger partial charge in [-0.05, 0) is 26.2 Å². The molecule has 0 amide bonds. The summed E-state index contributed by atoms with van der Waals surface area (Å²) in [5.74, 6) is 1.75. The van der Waals surface area contributed by atoms with E-state index in [0.717, 1.165) is 35.0 Å². The van der Waals surface area contributed by atoms with Crippen LogP contribution in [0.2, 0.25) is 0 Å². The second kappa shape index (κ2) is 4.70. The molecule has 1 aromatic heterocycles. The molecule has 2 heterocycles. The van der Waals surface area contributed by atoms with Crippen LogP contribution in [0, 0.1) is 19.8 Å². The Hall–Kier alpha value is -0.640. The largest absolute Gasteiger partial charge is 0.351 e. The first kappa shape index (κ1) is 11.8. The third-order valence-corrected chi connectivity index (χ3v) is 4.18. The summed E-state index contributed by atoms with van der Waals surface area (Å²) in [4.78, 5) is 11.4. The Morgan fingerprint density at radius 1 is 1.44 bits per heavy atom. The molecule has 16 heavy (non-hydrogen) atoms. The van der Waals surface area contributed by atoms with Crippen LogP contribution in [0.15, 0.2) is 6.20 Å². The van der Waals surface area contributed by atoms with Gasteiger partial charge in [0.25, 0.3) is 0 Å². The highest BCUT2D eigenvalue weighted by Crippen LogP contribution is 2.29. The van der Waals surface area contributed by atoms with E-state index in [2.05, 4.69) is 37.7 Å². The number of aryl methyl sites for hydroxylation is 2. The molecule has 0 radical (unpaired) electrons. The Morgan fingerprint density at radius 3 is 2.81 bits per heavy atom. The number of alkyl halides is 1. The molecule has 1 aromatic rings. The molecule has 0 aromatic carbocycles. The Labute approximate surface area is 105 Å². The SMILES string of the molecule is Cc1ncc(N2CCC(C)C2CBr)nc1C. The van der Waals surface area contributed by atoms with Gasteiger partial charge in [0.2, 0.25) is 0 Å². The molecule has 1 aliphatic heterocycles. The Kier molecular flexibility index (Phi) is 3.47. The van der Waals surface area contributed by atoms with Crippen molar-refractivity contribution < 1.29 is 0 Å². The van der Waals surface area contributed by atoms with E-state index in [4.69, 9.17) is 0 Å². The summed E-state index contributed by atoms with van der Waals surface area (Å²) in [6.45, 7) is 7.42. The van der Waals surface area contributed by atoms with Crippen molar-refractivity contribution in [3.05, 3.63) is 17.6 Å². The van der Waals surface area contributed by atoms with Crippen molar-refractivity contribution in [1.82, 2.24) is 9.97 Å². The van der Waals surface area contributed by atoms with Crippen molar-refractivity contribution in [2.75, 3.05) is 16.8 Å². The van der Waals surface area contributed by atoms with E-state index in [1.807, 2.05) is 20.0 Å². The average Bonchev–Trinajstić information content (AvgIpc) is 2.63. The standard InChI is InChI=1S/C12H18BrN3/c1-8-4-5-16(11(8)6-13)12-7-14-9(2)10(3)15-12/h7-8,11H,4-6H2,1-3H3. The van der Waals surface area contributed by atoms with Crippen LogP contribution < -0.4 is 4.90 Å². The van der Waals surface area contributed by atoms with E-state index in [9.17, 15) is 0 Å². The van der Waals surface area contributed by atoms with Crippen LogP contribution in [0.4, 0.5) is 5.82 Å². The van der Waals surface area contributed by atoms with E-state index in [-0.39, 0.29) is 0 Å². The Morgan fingerprint density at radius 2 is 2.19 bits per heavy atom. The fourth-order valence-corrected chi connectivity index (χ4v) is 3.18. The lowest BCUT2D eigenvalue weighted by Crippen LogP contribution is -2.34. The van der Waals surface area contributed by atoms with Crippen LogP contribution in [0.25, 0.3) is 0 Å². The van der Waals surface area contributed by atoms with Gasteiger partial charge in [-0.25, -0.2) is 4.98 Å². The molecule has 88 valence electrons. The summed E-state index contributed by atoms with van der Waals surface area (Å²) in [5, 5.41) is 1.00. The van der Waals surface area contributed by atoms with E-state index >= 15 is 0 Å². The summed E-state index contributed by atoms with van der Waals surface area (Å²) < 4.78 is 0. The minimum atomic E-state index is 0.552. The zero-order valence-electron chi connectivity index (χ0n) is 10.1. The Balaban J connectivity index is 2.27. The molecule has 2 unspecified atom stereocenters. The zero-order valence-corrected chi connectivity index (χ0v) is 11.7. The molecular formula is C12H18BrN3. The lowest BCUT2D eigenvalue weighted by atomic mass is 10.1. The molecule has 0 saturated carbocycles. The van der Waals surface area contributed by atoms with E-state index in [0.29, 0.717) is 6.04 Å². The van der Waals surface area contributed by atoms with Gasteiger partial charge in [0.15, 0.2) is 0 Å². The Bertz CT molecular complexity index is 381. The third kappa shape index (κ3) is 2.08. The molecule has 2 atom stereocenters. The number of hydrogen-bond acceptors (Lipinski definition) is 3. The van der Waals surface area contributed by atoms with Crippen molar-refractivity contribution in [3.63, 3.8) is 0 Å². The molecule has 0 spiro atoms. The molecule has 0 bridgehead atoms. The number of halogens is 1. The summed E-state index contributed by atoms with van der Waals surface area (Å²) in [6, 6.07) is 0.552. The first-order valence-corrected chi connectivity index (χ1v) is 6.88. The van der Waals surface area contributed by atoms with Crippen LogP contribution in [-0.2, 0) is 0 Å². The van der Waals surface area contributed by atoms with Gasteiger partial charge in [0, 0.05) is 17.9 Å². The summed E-state index contributed by atoms with van der Waals surface area (Å²) in [7, 11) is 0. The molecule has 2 rings (SSSR count). The van der Waals surface area contributed by atoms with Crippen molar-refractivity contribution in [2.24, 2.45) is 5.92 Å². The fraction of sp³-hybridized carbons (Fsp3) is 0.667. The normalized spacial score (nSPS) is 25.1. The smallest absolute Gasteiger partial charge is 0.147 e. The van der Waals surface area contributed by atoms with Crippen LogP contribution >= 0.6 is 15.9 Å². The predicted octanol–water partition coefficient (Wildman–Crippen LogP) is 2.70. The topological polar surface area (TPSA) is 29.0 Å². The number of anilines is 1. The summed E-state index contributed by atoms with van der Waals surface area (Å²) in [5.41, 5.74) is 2.05. The number of hydrogen-bond donors (Lipinski definition) is 0. The number of aromatic nitrogens is 2. The van der Waals surface area contributed by atoms with Crippen LogP contribution in [0.5, 0.6) is 0 Å². The second-order valence-electron chi connectivity index (χ2n) is 4.58. The van der Waals surface area contributed by atoms with Crippen molar-refractivity contribution >= 4 is 21.7 Å². The van der Waals surface area contributed by atoms with Gasteiger partial charge in [0.1, 0.15) is 5.82 Å². The third-order valence-electron chi connectivity index (χ3n) is 3.51. The van der Waals surface area contributed by atoms with Gasteiger partial charge in [0.05, 0.1) is 17.6 Å². The van der Waals surface area contributed by atoms with Crippen LogP contribution in [0.1, 0.15) is 24.7 Å². The molecule has 1 aliphatic rings. The highest BCUT2D eigenvalue weighted by atomic mass is 79.9. The average molecular weight is 284 g/mol. The maximum atomic E-state index is 4.63. The van der Waals surface area contributed by atoms with Crippen molar-refractivity contribution in [2.45, 2.75) is 33.2 Å². The molecule has 1 fully saturated rings. The quantitative estimate of drug-likeness (QED) is 0.782. The summed E-state index contributed by atoms with van der Waals surface area (Å²) >= 11 is 3.60. The van der Waals surface area contributed by atoms with E-state index in [1.54, 1.807) is 0 Å². The van der Waals surface area contributed by atoms with Crippen molar-refractivity contribution in [3.8, 4) is 0 Å². The maximum absolute atomic E-state index is 4.63. The maximum Gasteiger partial charge on any atom is 0.147 e. The minimum absolute atomic E-state index is 0.552. The molecule has 0 N–H and O–H groups in total. The van der Waals surface area contributed by atoms with Gasteiger partial charge < -0.3 is 4.90 Å². The van der Waals surface area contributed by atoms with Crippen LogP contribution in [0.3, 0.4) is 0 Å². The van der Waals surface area contributed by atoms with Crippen molar-refractivity contribution in [1.29, 1.82) is 0 Å². The number of rotatable bonds is 2. The van der Waals surface area contributed by atoms with Gasteiger partial charge in [-0.2, -0.15) is 0 Å². The monoisotopic (exact) mass is 283 g/mol. The fourth-order valence-electron chi connectivity index (χ4n) is 2.20. The number of nitrogens with zero attached hydrogens (tertiary/aromatic N) is 3. The first-order valence-electron chi connectivity index (χ1n) is 5.76. The molecule has 3 nitrogen and oxygen atoms in total. The van der Waals surface area contributed by atoms with Crippen LogP contribution in [-0.4, -0.2) is 27.9 Å². The zero-order chi connectivity index (χ0) is 11.7. The molecular weight excluding hydrogens is 266 g/mol. The van der Waals surface area contributed by atoms with E-state index < -0.39 is 0 Å². The predicted molar refractivity (Wildman–Crippen MR) is 70.2 cm³/mol. The summed E-state index contributed by atoms with van der Waals surface area (Å²) in [6.07, 6.45) is 3.14. The van der Waals surface area contributed by atoms with E-state index in [1.165, 1.54) is 6.42 Å². The highest BCUT2D eigenvalue weighted by Gasteiger charge is 2.31. The van der Waals surface area contributed by atoms with Gasteiger partial charge in [-0.15, -0.1) is 0 Å². The van der Waals surface area contributed by atoms with Gasteiger partial charge >= 0.3 is 0 Å².